The summed E-state index contributed by atoms with van der Waals surface area (Å²) in [6, 6.07) is 3.42. The van der Waals surface area contributed by atoms with Gasteiger partial charge < -0.3 is 10.2 Å². The predicted octanol–water partition coefficient (Wildman–Crippen LogP) is 0.926. The van der Waals surface area contributed by atoms with Crippen molar-refractivity contribution in [2.45, 2.75) is 6.92 Å². The Balaban J connectivity index is 3.05. The van der Waals surface area contributed by atoms with Crippen molar-refractivity contribution in [1.29, 1.82) is 5.26 Å². The molecule has 0 aromatic carbocycles. The SMILES string of the molecule is Cc1c(O)c(C#N)c2ccnn2c1O. The number of hydrogen-bond acceptors (Lipinski definition) is 4. The molecule has 5 nitrogen and oxygen atoms in total. The Morgan fingerprint density at radius 1 is 1.50 bits per heavy atom. The molecule has 0 unspecified atom stereocenters. The summed E-state index contributed by atoms with van der Waals surface area (Å²) >= 11 is 0. The van der Waals surface area contributed by atoms with Gasteiger partial charge in [-0.05, 0) is 13.0 Å². The van der Waals surface area contributed by atoms with Crippen LogP contribution in [0.3, 0.4) is 0 Å². The fraction of sp³-hybridized carbons (Fsp3) is 0.111. The lowest BCUT2D eigenvalue weighted by atomic mass is 10.1. The average molecular weight is 189 g/mol. The zero-order chi connectivity index (χ0) is 10.3. The van der Waals surface area contributed by atoms with Gasteiger partial charge in [0.05, 0.1) is 17.3 Å². The van der Waals surface area contributed by atoms with Crippen molar-refractivity contribution in [3.8, 4) is 17.7 Å². The lowest BCUT2D eigenvalue weighted by Crippen LogP contribution is -1.95. The molecule has 0 saturated heterocycles. The van der Waals surface area contributed by atoms with E-state index in [0.717, 1.165) is 0 Å². The summed E-state index contributed by atoms with van der Waals surface area (Å²) < 4.78 is 1.22. The highest BCUT2D eigenvalue weighted by Crippen LogP contribution is 2.31. The van der Waals surface area contributed by atoms with Crippen LogP contribution in [0.15, 0.2) is 12.3 Å². The number of nitriles is 1. The van der Waals surface area contributed by atoms with Crippen LogP contribution in [-0.4, -0.2) is 19.8 Å². The van der Waals surface area contributed by atoms with Crippen LogP contribution in [0.1, 0.15) is 11.1 Å². The number of nitrogens with zero attached hydrogens (tertiary/aromatic N) is 3. The molecule has 2 heterocycles. The fourth-order valence-electron chi connectivity index (χ4n) is 1.35. The number of aromatic nitrogens is 2. The average Bonchev–Trinajstić information content (AvgIpc) is 2.64. The first-order valence-electron chi connectivity index (χ1n) is 3.95. The topological polar surface area (TPSA) is 81.5 Å². The Morgan fingerprint density at radius 3 is 2.86 bits per heavy atom. The lowest BCUT2D eigenvalue weighted by molar-refractivity contribution is 0.415. The standard InChI is InChI=1S/C9H7N3O2/c1-5-8(13)6(4-10)7-2-3-11-12(7)9(5)14/h2-3,13-14H,1H3. The summed E-state index contributed by atoms with van der Waals surface area (Å²) in [7, 11) is 0. The van der Waals surface area contributed by atoms with Crippen LogP contribution >= 0.6 is 0 Å². The van der Waals surface area contributed by atoms with Crippen LogP contribution in [0, 0.1) is 18.3 Å². The maximum atomic E-state index is 9.58. The first-order chi connectivity index (χ1) is 6.66. The second kappa shape index (κ2) is 2.64. The number of rotatable bonds is 0. The third-order valence-electron chi connectivity index (χ3n) is 2.14. The van der Waals surface area contributed by atoms with E-state index in [-0.39, 0.29) is 22.8 Å². The van der Waals surface area contributed by atoms with E-state index in [2.05, 4.69) is 5.10 Å². The summed E-state index contributed by atoms with van der Waals surface area (Å²) in [5, 5.41) is 31.8. The highest BCUT2D eigenvalue weighted by molar-refractivity contribution is 5.69. The smallest absolute Gasteiger partial charge is 0.219 e. The molecule has 0 atom stereocenters. The summed E-state index contributed by atoms with van der Waals surface area (Å²) in [6.45, 7) is 1.52. The van der Waals surface area contributed by atoms with E-state index in [1.807, 2.05) is 6.07 Å². The summed E-state index contributed by atoms with van der Waals surface area (Å²) in [6.07, 6.45) is 1.45. The van der Waals surface area contributed by atoms with Crippen molar-refractivity contribution >= 4 is 5.52 Å². The molecule has 2 N–H and O–H groups in total. The molecular formula is C9H7N3O2. The molecule has 0 saturated carbocycles. The van der Waals surface area contributed by atoms with Gasteiger partial charge >= 0.3 is 0 Å². The molecule has 70 valence electrons. The molecule has 5 heteroatoms. The van der Waals surface area contributed by atoms with Crippen LogP contribution in [0.4, 0.5) is 0 Å². The van der Waals surface area contributed by atoms with Crippen molar-refractivity contribution in [3.05, 3.63) is 23.4 Å². The largest absolute Gasteiger partial charge is 0.506 e. The van der Waals surface area contributed by atoms with Gasteiger partial charge in [0, 0.05) is 0 Å². The van der Waals surface area contributed by atoms with Gasteiger partial charge in [0.15, 0.2) is 0 Å². The summed E-state index contributed by atoms with van der Waals surface area (Å²) in [5.41, 5.74) is 0.767. The molecule has 0 spiro atoms. The van der Waals surface area contributed by atoms with Gasteiger partial charge in [-0.1, -0.05) is 0 Å². The van der Waals surface area contributed by atoms with Crippen LogP contribution in [0.25, 0.3) is 5.52 Å². The molecule has 0 amide bonds. The third kappa shape index (κ3) is 0.850. The quantitative estimate of drug-likeness (QED) is 0.645. The zero-order valence-electron chi connectivity index (χ0n) is 7.39. The fourth-order valence-corrected chi connectivity index (χ4v) is 1.35. The van der Waals surface area contributed by atoms with Gasteiger partial charge in [0.1, 0.15) is 17.4 Å². The second-order valence-corrected chi connectivity index (χ2v) is 2.91. The van der Waals surface area contributed by atoms with E-state index >= 15 is 0 Å². The Labute approximate surface area is 79.4 Å². The van der Waals surface area contributed by atoms with Crippen LogP contribution in [0.5, 0.6) is 11.6 Å². The predicted molar refractivity (Wildman–Crippen MR) is 48.0 cm³/mol. The summed E-state index contributed by atoms with van der Waals surface area (Å²) in [4.78, 5) is 0. The minimum absolute atomic E-state index is 0.123. The van der Waals surface area contributed by atoms with Crippen molar-refractivity contribution < 1.29 is 10.2 Å². The Kier molecular flexibility index (Phi) is 1.58. The molecular weight excluding hydrogens is 182 g/mol. The molecule has 2 rings (SSSR count). The Bertz CT molecular complexity index is 551. The number of aromatic hydroxyl groups is 2. The molecule has 14 heavy (non-hydrogen) atoms. The minimum Gasteiger partial charge on any atom is -0.506 e. The third-order valence-corrected chi connectivity index (χ3v) is 2.14. The summed E-state index contributed by atoms with van der Waals surface area (Å²) in [5.74, 6) is -0.348. The van der Waals surface area contributed by atoms with Crippen molar-refractivity contribution in [2.24, 2.45) is 0 Å². The Morgan fingerprint density at radius 2 is 2.21 bits per heavy atom. The van der Waals surface area contributed by atoms with Gasteiger partial charge in [-0.25, -0.2) is 0 Å². The van der Waals surface area contributed by atoms with E-state index in [1.165, 1.54) is 17.6 Å². The molecule has 0 fully saturated rings. The molecule has 0 aliphatic heterocycles. The van der Waals surface area contributed by atoms with Crippen molar-refractivity contribution in [2.75, 3.05) is 0 Å². The van der Waals surface area contributed by atoms with E-state index in [1.54, 1.807) is 6.07 Å². The highest BCUT2D eigenvalue weighted by atomic mass is 16.3. The Hall–Kier alpha value is -2.22. The number of hydrogen-bond donors (Lipinski definition) is 2. The maximum Gasteiger partial charge on any atom is 0.219 e. The maximum absolute atomic E-state index is 9.58. The minimum atomic E-state index is -0.196. The van der Waals surface area contributed by atoms with E-state index < -0.39 is 0 Å². The number of fused-ring (bicyclic) bond motifs is 1. The van der Waals surface area contributed by atoms with Crippen molar-refractivity contribution in [3.63, 3.8) is 0 Å². The van der Waals surface area contributed by atoms with Crippen LogP contribution in [0.2, 0.25) is 0 Å². The van der Waals surface area contributed by atoms with E-state index in [0.29, 0.717) is 5.52 Å². The van der Waals surface area contributed by atoms with Gasteiger partial charge in [-0.2, -0.15) is 14.9 Å². The van der Waals surface area contributed by atoms with Gasteiger partial charge in [-0.15, -0.1) is 0 Å². The van der Waals surface area contributed by atoms with E-state index in [9.17, 15) is 10.2 Å². The zero-order valence-corrected chi connectivity index (χ0v) is 7.39. The molecule has 2 aromatic rings. The molecule has 2 aromatic heterocycles. The first kappa shape index (κ1) is 8.38. The molecule has 0 aliphatic rings. The highest BCUT2D eigenvalue weighted by Gasteiger charge is 2.15. The molecule has 0 bridgehead atoms. The van der Waals surface area contributed by atoms with Gasteiger partial charge in [0.25, 0.3) is 0 Å². The number of pyridine rings is 1. The van der Waals surface area contributed by atoms with Crippen molar-refractivity contribution in [1.82, 2.24) is 9.61 Å². The normalized spacial score (nSPS) is 10.3. The lowest BCUT2D eigenvalue weighted by Gasteiger charge is -2.06. The molecule has 0 radical (unpaired) electrons. The van der Waals surface area contributed by atoms with Crippen LogP contribution in [-0.2, 0) is 0 Å². The van der Waals surface area contributed by atoms with Gasteiger partial charge in [0.2, 0.25) is 5.88 Å². The van der Waals surface area contributed by atoms with Gasteiger partial charge in [-0.3, -0.25) is 0 Å². The second-order valence-electron chi connectivity index (χ2n) is 2.91. The molecule has 0 aliphatic carbocycles. The van der Waals surface area contributed by atoms with E-state index in [4.69, 9.17) is 5.26 Å². The van der Waals surface area contributed by atoms with Crippen LogP contribution < -0.4 is 0 Å². The monoisotopic (exact) mass is 189 g/mol. The first-order valence-corrected chi connectivity index (χ1v) is 3.95.